The number of nitrogens with zero attached hydrogens (tertiary/aromatic N) is 2. The second kappa shape index (κ2) is 8.84. The van der Waals surface area contributed by atoms with Crippen LogP contribution in [0.15, 0.2) is 36.4 Å². The molecule has 2 N–H and O–H groups in total. The van der Waals surface area contributed by atoms with Gasteiger partial charge in [0, 0.05) is 25.7 Å². The third-order valence-corrected chi connectivity index (χ3v) is 4.51. The molecule has 1 atom stereocenters. The maximum absolute atomic E-state index is 12.7. The molecule has 148 valence electrons. The lowest BCUT2D eigenvalue weighted by atomic mass is 9.95. The van der Waals surface area contributed by atoms with Crippen LogP contribution in [0.5, 0.6) is 5.88 Å². The molecule has 2 aromatic rings. The first-order chi connectivity index (χ1) is 13.5. The van der Waals surface area contributed by atoms with Gasteiger partial charge in [-0.25, -0.2) is 4.98 Å². The van der Waals surface area contributed by atoms with Crippen LogP contribution in [0.1, 0.15) is 28.5 Å². The van der Waals surface area contributed by atoms with Gasteiger partial charge in [-0.2, -0.15) is 0 Å². The summed E-state index contributed by atoms with van der Waals surface area (Å²) < 4.78 is 5.36. The Labute approximate surface area is 165 Å². The lowest BCUT2D eigenvalue weighted by Crippen LogP contribution is -2.42. The van der Waals surface area contributed by atoms with Crippen molar-refractivity contribution < 1.29 is 14.3 Å². The second-order valence-electron chi connectivity index (χ2n) is 7.05. The zero-order chi connectivity index (χ0) is 20.1. The summed E-state index contributed by atoms with van der Waals surface area (Å²) in [5.41, 5.74) is 3.09. The van der Waals surface area contributed by atoms with E-state index in [9.17, 15) is 9.59 Å². The number of hydrogen-bond acceptors (Lipinski definition) is 6. The first-order valence-corrected chi connectivity index (χ1v) is 9.40. The molecule has 0 bridgehead atoms. The van der Waals surface area contributed by atoms with Crippen LogP contribution in [0.25, 0.3) is 0 Å². The van der Waals surface area contributed by atoms with Crippen molar-refractivity contribution in [2.45, 2.75) is 20.0 Å². The molecule has 0 spiro atoms. The van der Waals surface area contributed by atoms with Gasteiger partial charge in [0.15, 0.2) is 5.78 Å². The summed E-state index contributed by atoms with van der Waals surface area (Å²) >= 11 is 0. The molecule has 1 aliphatic heterocycles. The molecule has 1 aliphatic rings. The van der Waals surface area contributed by atoms with E-state index in [2.05, 4.69) is 20.5 Å². The molecular weight excluding hydrogens is 356 g/mol. The third-order valence-electron chi connectivity index (χ3n) is 4.51. The highest BCUT2D eigenvalue weighted by molar-refractivity contribution is 6.13. The summed E-state index contributed by atoms with van der Waals surface area (Å²) in [5.74, 6) is -1.00. The topological polar surface area (TPSA) is 83.6 Å². The largest absolute Gasteiger partial charge is 0.478 e. The number of fused-ring (bicyclic) bond motifs is 1. The maximum Gasteiger partial charge on any atom is 0.233 e. The van der Waals surface area contributed by atoms with E-state index in [1.807, 2.05) is 45.3 Å². The fourth-order valence-corrected chi connectivity index (χ4v) is 3.12. The Morgan fingerprint density at radius 1 is 1.21 bits per heavy atom. The number of Topliss-reactive ketones (excluding diaryl/α,β-unsaturated/α-hetero) is 1. The number of rotatable bonds is 7. The van der Waals surface area contributed by atoms with Gasteiger partial charge in [0.1, 0.15) is 11.6 Å². The van der Waals surface area contributed by atoms with Gasteiger partial charge in [-0.3, -0.25) is 9.59 Å². The molecule has 7 heteroatoms. The molecule has 0 saturated heterocycles. The first-order valence-electron chi connectivity index (χ1n) is 9.40. The maximum atomic E-state index is 12.7. The molecule has 1 unspecified atom stereocenters. The minimum absolute atomic E-state index is 0.255. The Kier molecular flexibility index (Phi) is 6.26. The smallest absolute Gasteiger partial charge is 0.233 e. The van der Waals surface area contributed by atoms with Crippen LogP contribution < -0.4 is 15.4 Å². The highest BCUT2D eigenvalue weighted by atomic mass is 16.5. The molecule has 0 fully saturated rings. The molecular formula is C21H26N4O3. The molecule has 1 amide bonds. The molecule has 3 rings (SSSR count). The number of pyridine rings is 1. The molecule has 0 radical (unpaired) electrons. The van der Waals surface area contributed by atoms with Gasteiger partial charge in [0.25, 0.3) is 0 Å². The van der Waals surface area contributed by atoms with Crippen LogP contribution >= 0.6 is 0 Å². The van der Waals surface area contributed by atoms with Crippen LogP contribution in [0.2, 0.25) is 0 Å². The zero-order valence-corrected chi connectivity index (χ0v) is 16.5. The van der Waals surface area contributed by atoms with E-state index in [1.165, 1.54) is 5.56 Å². The fraction of sp³-hybridized carbons (Fsp3) is 0.381. The van der Waals surface area contributed by atoms with Crippen molar-refractivity contribution in [1.82, 2.24) is 15.2 Å². The molecule has 0 aliphatic carbocycles. The molecule has 1 aromatic heterocycles. The highest BCUT2D eigenvalue weighted by Crippen LogP contribution is 2.25. The van der Waals surface area contributed by atoms with E-state index in [-0.39, 0.29) is 23.9 Å². The standard InChI is InChI=1S/C21H26N4O3/c1-4-28-18-10-9-17-19(24-18)20(26)16(12-22-17)21(27)23-11-14-5-7-15(8-6-14)13-25(2)3/h5-10,16,22H,4,11-13H2,1-3H3,(H,23,27). The molecule has 1 aromatic carbocycles. The Bertz CT molecular complexity index is 849. The minimum atomic E-state index is -0.801. The summed E-state index contributed by atoms with van der Waals surface area (Å²) in [5, 5.41) is 5.97. The van der Waals surface area contributed by atoms with Gasteiger partial charge in [0.2, 0.25) is 11.8 Å². The Balaban J connectivity index is 1.62. The van der Waals surface area contributed by atoms with E-state index >= 15 is 0 Å². The number of carbonyl (C=O) groups excluding carboxylic acids is 2. The van der Waals surface area contributed by atoms with Crippen molar-refractivity contribution in [1.29, 1.82) is 0 Å². The van der Waals surface area contributed by atoms with Gasteiger partial charge in [-0.15, -0.1) is 0 Å². The number of benzene rings is 1. The zero-order valence-electron chi connectivity index (χ0n) is 16.5. The summed E-state index contributed by atoms with van der Waals surface area (Å²) in [6.45, 7) is 3.82. The summed E-state index contributed by atoms with van der Waals surface area (Å²) in [7, 11) is 4.04. The predicted molar refractivity (Wildman–Crippen MR) is 107 cm³/mol. The van der Waals surface area contributed by atoms with Crippen LogP contribution in [-0.2, 0) is 17.9 Å². The fourth-order valence-electron chi connectivity index (χ4n) is 3.12. The van der Waals surface area contributed by atoms with E-state index in [4.69, 9.17) is 4.74 Å². The first kappa shape index (κ1) is 19.8. The number of hydrogen-bond donors (Lipinski definition) is 2. The highest BCUT2D eigenvalue weighted by Gasteiger charge is 2.34. The number of amides is 1. The average Bonchev–Trinajstić information content (AvgIpc) is 2.68. The summed E-state index contributed by atoms with van der Waals surface area (Å²) in [4.78, 5) is 31.7. The quantitative estimate of drug-likeness (QED) is 0.714. The Hall–Kier alpha value is -2.93. The number of nitrogens with one attached hydrogen (secondary N) is 2. The number of anilines is 1. The molecule has 28 heavy (non-hydrogen) atoms. The molecule has 2 heterocycles. The monoisotopic (exact) mass is 382 g/mol. The van der Waals surface area contributed by atoms with Gasteiger partial charge in [-0.05, 0) is 38.2 Å². The number of ether oxygens (including phenoxy) is 1. The number of ketones is 1. The normalized spacial score (nSPS) is 15.7. The van der Waals surface area contributed by atoms with Crippen molar-refractivity contribution >= 4 is 17.4 Å². The van der Waals surface area contributed by atoms with Gasteiger partial charge < -0.3 is 20.3 Å². The lowest BCUT2D eigenvalue weighted by molar-refractivity contribution is -0.123. The van der Waals surface area contributed by atoms with Gasteiger partial charge >= 0.3 is 0 Å². The van der Waals surface area contributed by atoms with Crippen molar-refractivity contribution in [3.63, 3.8) is 0 Å². The Morgan fingerprint density at radius 3 is 2.61 bits per heavy atom. The summed E-state index contributed by atoms with van der Waals surface area (Å²) in [6, 6.07) is 11.5. The minimum Gasteiger partial charge on any atom is -0.478 e. The third kappa shape index (κ3) is 4.67. The van der Waals surface area contributed by atoms with Crippen molar-refractivity contribution in [3.05, 3.63) is 53.2 Å². The lowest BCUT2D eigenvalue weighted by Gasteiger charge is -2.23. The average molecular weight is 382 g/mol. The van der Waals surface area contributed by atoms with E-state index in [0.717, 1.165) is 12.1 Å². The van der Waals surface area contributed by atoms with Crippen LogP contribution in [0, 0.1) is 5.92 Å². The van der Waals surface area contributed by atoms with Gasteiger partial charge in [0.05, 0.1) is 12.3 Å². The predicted octanol–water partition coefficient (Wildman–Crippen LogP) is 2.08. The van der Waals surface area contributed by atoms with E-state index in [0.29, 0.717) is 24.7 Å². The van der Waals surface area contributed by atoms with Crippen molar-refractivity contribution in [2.75, 3.05) is 32.6 Å². The Morgan fingerprint density at radius 2 is 1.93 bits per heavy atom. The number of carbonyl (C=O) groups is 2. The van der Waals surface area contributed by atoms with Crippen LogP contribution in [-0.4, -0.2) is 48.8 Å². The van der Waals surface area contributed by atoms with E-state index < -0.39 is 5.92 Å². The van der Waals surface area contributed by atoms with Crippen LogP contribution in [0.4, 0.5) is 5.69 Å². The number of aromatic nitrogens is 1. The van der Waals surface area contributed by atoms with Crippen molar-refractivity contribution in [3.8, 4) is 5.88 Å². The van der Waals surface area contributed by atoms with Gasteiger partial charge in [-0.1, -0.05) is 24.3 Å². The molecule has 7 nitrogen and oxygen atoms in total. The second-order valence-corrected chi connectivity index (χ2v) is 7.05. The van der Waals surface area contributed by atoms with Crippen LogP contribution in [0.3, 0.4) is 0 Å². The SMILES string of the molecule is CCOc1ccc2c(n1)C(=O)C(C(=O)NCc1ccc(CN(C)C)cc1)CN2. The molecule has 0 saturated carbocycles. The van der Waals surface area contributed by atoms with E-state index in [1.54, 1.807) is 12.1 Å². The summed E-state index contributed by atoms with van der Waals surface area (Å²) in [6.07, 6.45) is 0. The van der Waals surface area contributed by atoms with Crippen molar-refractivity contribution in [2.24, 2.45) is 5.92 Å².